The fraction of sp³-hybridized carbons (Fsp3) is 0.562. The van der Waals surface area contributed by atoms with Gasteiger partial charge in [-0.1, -0.05) is 11.6 Å². The van der Waals surface area contributed by atoms with E-state index in [1.807, 2.05) is 18.7 Å². The van der Waals surface area contributed by atoms with Crippen LogP contribution in [-0.2, 0) is 4.79 Å². The van der Waals surface area contributed by atoms with Gasteiger partial charge in [0.2, 0.25) is 0 Å². The van der Waals surface area contributed by atoms with E-state index in [9.17, 15) is 9.90 Å². The molecule has 1 heterocycles. The second-order valence-corrected chi connectivity index (χ2v) is 5.97. The van der Waals surface area contributed by atoms with Crippen LogP contribution in [0, 0.1) is 0 Å². The number of halogens is 1. The monoisotopic (exact) mass is 342 g/mol. The summed E-state index contributed by atoms with van der Waals surface area (Å²) in [4.78, 5) is 13.8. The molecule has 1 aliphatic rings. The molecule has 0 aliphatic carbocycles. The van der Waals surface area contributed by atoms with Gasteiger partial charge in [0.05, 0.1) is 18.7 Å². The van der Waals surface area contributed by atoms with E-state index < -0.39 is 12.0 Å². The predicted molar refractivity (Wildman–Crippen MR) is 88.6 cm³/mol. The highest BCUT2D eigenvalue weighted by Gasteiger charge is 2.31. The smallest absolute Gasteiger partial charge is 0.325 e. The third kappa shape index (κ3) is 4.07. The topological polar surface area (TPSA) is 71.0 Å². The molecule has 2 atom stereocenters. The van der Waals surface area contributed by atoms with Crippen LogP contribution in [0.1, 0.15) is 25.5 Å². The van der Waals surface area contributed by atoms with Crippen LogP contribution in [0.3, 0.4) is 0 Å². The Morgan fingerprint density at radius 2 is 2.30 bits per heavy atom. The molecule has 2 unspecified atom stereocenters. The van der Waals surface area contributed by atoms with E-state index in [1.165, 1.54) is 7.11 Å². The first-order valence-electron chi connectivity index (χ1n) is 7.68. The molecule has 1 fully saturated rings. The first-order chi connectivity index (χ1) is 11.0. The number of carboxylic acid groups (broad SMARTS) is 1. The van der Waals surface area contributed by atoms with Crippen LogP contribution in [0.5, 0.6) is 11.5 Å². The third-order valence-corrected chi connectivity index (χ3v) is 4.13. The number of methoxy groups -OCH3 is 1. The molecule has 1 saturated heterocycles. The lowest BCUT2D eigenvalue weighted by Crippen LogP contribution is -2.51. The van der Waals surface area contributed by atoms with Crippen molar-refractivity contribution in [2.24, 2.45) is 0 Å². The van der Waals surface area contributed by atoms with Gasteiger partial charge in [0, 0.05) is 25.7 Å². The lowest BCUT2D eigenvalue weighted by Gasteiger charge is -2.36. The van der Waals surface area contributed by atoms with Crippen LogP contribution in [-0.4, -0.2) is 55.4 Å². The van der Waals surface area contributed by atoms with E-state index >= 15 is 0 Å². The highest BCUT2D eigenvalue weighted by Crippen LogP contribution is 2.39. The SMILES string of the molecule is CCOc1cc(C(C(=O)O)N2CCNC(C)C2)cc(Cl)c1OC. The number of rotatable bonds is 6. The van der Waals surface area contributed by atoms with Crippen molar-refractivity contribution in [3.8, 4) is 11.5 Å². The largest absolute Gasteiger partial charge is 0.491 e. The van der Waals surface area contributed by atoms with E-state index in [2.05, 4.69) is 5.32 Å². The molecule has 1 aromatic rings. The average Bonchev–Trinajstić information content (AvgIpc) is 2.47. The Kier molecular flexibility index (Phi) is 6.10. The number of benzene rings is 1. The van der Waals surface area contributed by atoms with Crippen LogP contribution in [0.2, 0.25) is 5.02 Å². The summed E-state index contributed by atoms with van der Waals surface area (Å²) in [6.45, 7) is 6.41. The number of aliphatic carboxylic acids is 1. The average molecular weight is 343 g/mol. The van der Waals surface area contributed by atoms with E-state index in [-0.39, 0.29) is 6.04 Å². The highest BCUT2D eigenvalue weighted by atomic mass is 35.5. The number of carbonyl (C=O) groups is 1. The van der Waals surface area contributed by atoms with Gasteiger partial charge in [-0.2, -0.15) is 0 Å². The first kappa shape index (κ1) is 17.8. The molecule has 6 nitrogen and oxygen atoms in total. The number of hydrogen-bond donors (Lipinski definition) is 2. The summed E-state index contributed by atoms with van der Waals surface area (Å²) >= 11 is 6.26. The molecule has 128 valence electrons. The molecule has 0 saturated carbocycles. The maximum absolute atomic E-state index is 11.9. The molecule has 1 aliphatic heterocycles. The van der Waals surface area contributed by atoms with E-state index in [0.29, 0.717) is 41.8 Å². The van der Waals surface area contributed by atoms with E-state index in [1.54, 1.807) is 12.1 Å². The van der Waals surface area contributed by atoms with Crippen molar-refractivity contribution < 1.29 is 19.4 Å². The second kappa shape index (κ2) is 7.86. The minimum atomic E-state index is -0.900. The molecule has 0 amide bonds. The summed E-state index contributed by atoms with van der Waals surface area (Å²) in [5.74, 6) is -0.00945. The van der Waals surface area contributed by atoms with Gasteiger partial charge in [-0.05, 0) is 31.5 Å². The van der Waals surface area contributed by atoms with Gasteiger partial charge >= 0.3 is 5.97 Å². The Labute approximate surface area is 141 Å². The van der Waals surface area contributed by atoms with Crippen molar-refractivity contribution in [2.75, 3.05) is 33.4 Å². The van der Waals surface area contributed by atoms with Crippen LogP contribution in [0.25, 0.3) is 0 Å². The van der Waals surface area contributed by atoms with Crippen molar-refractivity contribution in [2.45, 2.75) is 25.9 Å². The number of carboxylic acids is 1. The quantitative estimate of drug-likeness (QED) is 0.825. The zero-order valence-electron chi connectivity index (χ0n) is 13.6. The number of piperazine rings is 1. The summed E-state index contributed by atoms with van der Waals surface area (Å²) in [6.07, 6.45) is 0. The lowest BCUT2D eigenvalue weighted by atomic mass is 10.0. The fourth-order valence-electron chi connectivity index (χ4n) is 2.91. The maximum Gasteiger partial charge on any atom is 0.325 e. The summed E-state index contributed by atoms with van der Waals surface area (Å²) in [5, 5.41) is 13.4. The highest BCUT2D eigenvalue weighted by molar-refractivity contribution is 6.32. The van der Waals surface area contributed by atoms with Gasteiger partial charge in [0.25, 0.3) is 0 Å². The molecule has 7 heteroatoms. The Bertz CT molecular complexity index is 567. The van der Waals surface area contributed by atoms with Gasteiger partial charge in [0.1, 0.15) is 6.04 Å². The summed E-state index contributed by atoms with van der Waals surface area (Å²) < 4.78 is 10.8. The van der Waals surface area contributed by atoms with Crippen LogP contribution < -0.4 is 14.8 Å². The van der Waals surface area contributed by atoms with Crippen LogP contribution in [0.15, 0.2) is 12.1 Å². The van der Waals surface area contributed by atoms with Gasteiger partial charge < -0.3 is 19.9 Å². The predicted octanol–water partition coefficient (Wildman–Crippen LogP) is 2.17. The molecule has 0 bridgehead atoms. The molecule has 2 rings (SSSR count). The molecular formula is C16H23ClN2O4. The molecule has 23 heavy (non-hydrogen) atoms. The van der Waals surface area contributed by atoms with Crippen LogP contribution >= 0.6 is 11.6 Å². The zero-order chi connectivity index (χ0) is 17.0. The Morgan fingerprint density at radius 3 is 2.87 bits per heavy atom. The minimum absolute atomic E-state index is 0.241. The fourth-order valence-corrected chi connectivity index (χ4v) is 3.21. The maximum atomic E-state index is 11.9. The standard InChI is InChI=1S/C16H23ClN2O4/c1-4-23-13-8-11(7-12(17)15(13)22-3)14(16(20)21)19-6-5-18-10(2)9-19/h7-8,10,14,18H,4-6,9H2,1-3H3,(H,20,21). The number of ether oxygens (including phenoxy) is 2. The molecule has 1 aromatic carbocycles. The Morgan fingerprint density at radius 1 is 1.57 bits per heavy atom. The van der Waals surface area contributed by atoms with Crippen molar-refractivity contribution >= 4 is 17.6 Å². The van der Waals surface area contributed by atoms with Crippen molar-refractivity contribution in [3.63, 3.8) is 0 Å². The Balaban J connectivity index is 2.40. The summed E-state index contributed by atoms with van der Waals surface area (Å²) in [6, 6.07) is 2.83. The minimum Gasteiger partial charge on any atom is -0.491 e. The van der Waals surface area contributed by atoms with Crippen LogP contribution in [0.4, 0.5) is 0 Å². The van der Waals surface area contributed by atoms with Crippen molar-refractivity contribution in [1.29, 1.82) is 0 Å². The molecule has 2 N–H and O–H groups in total. The second-order valence-electron chi connectivity index (χ2n) is 5.56. The Hall–Kier alpha value is -1.50. The van der Waals surface area contributed by atoms with Gasteiger partial charge in [-0.3, -0.25) is 9.69 Å². The number of nitrogens with zero attached hydrogens (tertiary/aromatic N) is 1. The van der Waals surface area contributed by atoms with Gasteiger partial charge in [-0.15, -0.1) is 0 Å². The molecule has 0 aromatic heterocycles. The summed E-state index contributed by atoms with van der Waals surface area (Å²) in [7, 11) is 1.51. The molecule has 0 spiro atoms. The lowest BCUT2D eigenvalue weighted by molar-refractivity contribution is -0.144. The van der Waals surface area contributed by atoms with Crippen molar-refractivity contribution in [3.05, 3.63) is 22.7 Å². The molecular weight excluding hydrogens is 320 g/mol. The zero-order valence-corrected chi connectivity index (χ0v) is 14.4. The third-order valence-electron chi connectivity index (χ3n) is 3.85. The summed E-state index contributed by atoms with van der Waals surface area (Å²) in [5.41, 5.74) is 0.598. The number of nitrogens with one attached hydrogen (secondary N) is 1. The first-order valence-corrected chi connectivity index (χ1v) is 8.06. The van der Waals surface area contributed by atoms with Crippen molar-refractivity contribution in [1.82, 2.24) is 10.2 Å². The van der Waals surface area contributed by atoms with Gasteiger partial charge in [-0.25, -0.2) is 0 Å². The normalized spacial score (nSPS) is 20.1. The molecule has 0 radical (unpaired) electrons. The van der Waals surface area contributed by atoms with Gasteiger partial charge in [0.15, 0.2) is 11.5 Å². The van der Waals surface area contributed by atoms with E-state index in [0.717, 1.165) is 6.54 Å². The van der Waals surface area contributed by atoms with E-state index in [4.69, 9.17) is 21.1 Å². The number of hydrogen-bond acceptors (Lipinski definition) is 5.